The monoisotopic (exact) mass is 340 g/mol. The van der Waals surface area contributed by atoms with Gasteiger partial charge in [-0.1, -0.05) is 37.3 Å². The highest BCUT2D eigenvalue weighted by Gasteiger charge is 2.20. The minimum atomic E-state index is 0.691. The molecule has 0 saturated carbocycles. The molecule has 1 saturated heterocycles. The molecule has 0 aliphatic carbocycles. The van der Waals surface area contributed by atoms with Crippen molar-refractivity contribution < 1.29 is 4.74 Å². The van der Waals surface area contributed by atoms with Crippen molar-refractivity contribution in [2.75, 3.05) is 43.6 Å². The minimum absolute atomic E-state index is 0.691. The number of anilines is 2. The molecule has 2 aromatic rings. The van der Waals surface area contributed by atoms with Crippen LogP contribution in [0.25, 0.3) is 11.3 Å². The van der Waals surface area contributed by atoms with Gasteiger partial charge in [-0.15, -0.1) is 0 Å². The first-order valence-electron chi connectivity index (χ1n) is 9.18. The lowest BCUT2D eigenvalue weighted by atomic mass is 10.0. The van der Waals surface area contributed by atoms with Gasteiger partial charge in [-0.3, -0.25) is 0 Å². The minimum Gasteiger partial charge on any atom is -0.385 e. The van der Waals surface area contributed by atoms with Crippen LogP contribution in [0.2, 0.25) is 0 Å². The summed E-state index contributed by atoms with van der Waals surface area (Å²) in [6.45, 7) is 5.96. The second-order valence-corrected chi connectivity index (χ2v) is 6.77. The van der Waals surface area contributed by atoms with Crippen LogP contribution < -0.4 is 10.2 Å². The van der Waals surface area contributed by atoms with E-state index in [9.17, 15) is 0 Å². The Hall–Kier alpha value is -2.14. The van der Waals surface area contributed by atoms with Crippen molar-refractivity contribution in [3.05, 3.63) is 36.4 Å². The fourth-order valence-electron chi connectivity index (χ4n) is 3.23. The van der Waals surface area contributed by atoms with Gasteiger partial charge in [-0.2, -0.15) is 4.98 Å². The van der Waals surface area contributed by atoms with E-state index >= 15 is 0 Å². The SMILES string of the molecule is COCCCNc1cc(-c2ccccc2)nc(N2CCCC(C)C2)n1. The number of rotatable bonds is 7. The predicted octanol–water partition coefficient (Wildman–Crippen LogP) is 3.83. The maximum absolute atomic E-state index is 5.12. The zero-order valence-corrected chi connectivity index (χ0v) is 15.2. The normalized spacial score (nSPS) is 17.5. The van der Waals surface area contributed by atoms with Crippen LogP contribution in [0.4, 0.5) is 11.8 Å². The molecule has 1 unspecified atom stereocenters. The number of methoxy groups -OCH3 is 1. The topological polar surface area (TPSA) is 50.3 Å². The molecule has 1 aliphatic rings. The summed E-state index contributed by atoms with van der Waals surface area (Å²) in [5.41, 5.74) is 2.09. The van der Waals surface area contributed by atoms with E-state index in [1.807, 2.05) is 24.3 Å². The highest BCUT2D eigenvalue weighted by molar-refractivity contribution is 5.64. The molecule has 1 aromatic heterocycles. The number of nitrogens with zero attached hydrogens (tertiary/aromatic N) is 3. The molecule has 1 aromatic carbocycles. The lowest BCUT2D eigenvalue weighted by Gasteiger charge is -2.31. The molecule has 0 radical (unpaired) electrons. The van der Waals surface area contributed by atoms with Crippen LogP contribution in [0.15, 0.2) is 36.4 Å². The van der Waals surface area contributed by atoms with E-state index < -0.39 is 0 Å². The zero-order valence-electron chi connectivity index (χ0n) is 15.2. The second-order valence-electron chi connectivity index (χ2n) is 6.77. The largest absolute Gasteiger partial charge is 0.385 e. The summed E-state index contributed by atoms with van der Waals surface area (Å²) in [6.07, 6.45) is 3.45. The first-order chi connectivity index (χ1) is 12.3. The summed E-state index contributed by atoms with van der Waals surface area (Å²) in [5.74, 6) is 2.41. The van der Waals surface area contributed by atoms with E-state index in [4.69, 9.17) is 14.7 Å². The van der Waals surface area contributed by atoms with Gasteiger partial charge in [-0.05, 0) is 25.2 Å². The van der Waals surface area contributed by atoms with Gasteiger partial charge in [0.1, 0.15) is 5.82 Å². The third-order valence-electron chi connectivity index (χ3n) is 4.56. The third kappa shape index (κ3) is 4.92. The van der Waals surface area contributed by atoms with E-state index in [0.717, 1.165) is 55.7 Å². The Labute approximate surface area is 150 Å². The molecular formula is C20H28N4O. The summed E-state index contributed by atoms with van der Waals surface area (Å²) in [5, 5.41) is 3.42. The van der Waals surface area contributed by atoms with Gasteiger partial charge in [0.25, 0.3) is 0 Å². The average molecular weight is 340 g/mol. The number of ether oxygens (including phenoxy) is 1. The molecule has 134 valence electrons. The van der Waals surface area contributed by atoms with E-state index in [-0.39, 0.29) is 0 Å². The van der Waals surface area contributed by atoms with Crippen LogP contribution in [0.3, 0.4) is 0 Å². The molecule has 1 aliphatic heterocycles. The molecule has 0 spiro atoms. The van der Waals surface area contributed by atoms with Crippen molar-refractivity contribution in [3.8, 4) is 11.3 Å². The van der Waals surface area contributed by atoms with Crippen molar-refractivity contribution in [3.63, 3.8) is 0 Å². The molecule has 5 nitrogen and oxygen atoms in total. The molecule has 1 N–H and O–H groups in total. The number of nitrogens with one attached hydrogen (secondary N) is 1. The smallest absolute Gasteiger partial charge is 0.227 e. The molecule has 1 fully saturated rings. The molecule has 2 heterocycles. The third-order valence-corrected chi connectivity index (χ3v) is 4.56. The fourth-order valence-corrected chi connectivity index (χ4v) is 3.23. The maximum atomic E-state index is 5.12. The second kappa shape index (κ2) is 8.81. The first kappa shape index (κ1) is 17.7. The lowest BCUT2D eigenvalue weighted by molar-refractivity contribution is 0.198. The van der Waals surface area contributed by atoms with Crippen LogP contribution in [0.1, 0.15) is 26.2 Å². The Morgan fingerprint density at radius 1 is 1.24 bits per heavy atom. The Morgan fingerprint density at radius 3 is 2.84 bits per heavy atom. The molecule has 1 atom stereocenters. The Balaban J connectivity index is 1.85. The average Bonchev–Trinajstić information content (AvgIpc) is 2.66. The predicted molar refractivity (Wildman–Crippen MR) is 103 cm³/mol. The number of hydrogen-bond donors (Lipinski definition) is 1. The van der Waals surface area contributed by atoms with E-state index in [1.54, 1.807) is 7.11 Å². The highest BCUT2D eigenvalue weighted by atomic mass is 16.5. The Morgan fingerprint density at radius 2 is 2.08 bits per heavy atom. The molecule has 0 amide bonds. The van der Waals surface area contributed by atoms with Crippen molar-refractivity contribution in [2.45, 2.75) is 26.2 Å². The van der Waals surface area contributed by atoms with E-state index in [1.165, 1.54) is 12.8 Å². The lowest BCUT2D eigenvalue weighted by Crippen LogP contribution is -2.35. The van der Waals surface area contributed by atoms with Gasteiger partial charge >= 0.3 is 0 Å². The van der Waals surface area contributed by atoms with Gasteiger partial charge in [0.15, 0.2) is 0 Å². The number of piperidine rings is 1. The van der Waals surface area contributed by atoms with Crippen LogP contribution in [0, 0.1) is 5.92 Å². The molecule has 5 heteroatoms. The summed E-state index contributed by atoms with van der Waals surface area (Å²) < 4.78 is 5.12. The highest BCUT2D eigenvalue weighted by Crippen LogP contribution is 2.25. The van der Waals surface area contributed by atoms with Crippen molar-refractivity contribution in [2.24, 2.45) is 5.92 Å². The van der Waals surface area contributed by atoms with Crippen LogP contribution >= 0.6 is 0 Å². The van der Waals surface area contributed by atoms with Gasteiger partial charge in [0.2, 0.25) is 5.95 Å². The van der Waals surface area contributed by atoms with Crippen LogP contribution in [0.5, 0.6) is 0 Å². The Bertz CT molecular complexity index is 662. The quantitative estimate of drug-likeness (QED) is 0.776. The first-order valence-corrected chi connectivity index (χ1v) is 9.18. The van der Waals surface area contributed by atoms with Crippen molar-refractivity contribution in [1.29, 1.82) is 0 Å². The van der Waals surface area contributed by atoms with E-state index in [2.05, 4.69) is 29.3 Å². The Kier molecular flexibility index (Phi) is 6.23. The number of aromatic nitrogens is 2. The fraction of sp³-hybridized carbons (Fsp3) is 0.500. The van der Waals surface area contributed by atoms with Gasteiger partial charge in [-0.25, -0.2) is 4.98 Å². The number of hydrogen-bond acceptors (Lipinski definition) is 5. The summed E-state index contributed by atoms with van der Waals surface area (Å²) in [6, 6.07) is 12.4. The molecule has 3 rings (SSSR count). The zero-order chi connectivity index (χ0) is 17.5. The van der Waals surface area contributed by atoms with E-state index in [0.29, 0.717) is 5.92 Å². The molecule has 0 bridgehead atoms. The van der Waals surface area contributed by atoms with Gasteiger partial charge < -0.3 is 15.0 Å². The molecule has 25 heavy (non-hydrogen) atoms. The summed E-state index contributed by atoms with van der Waals surface area (Å²) >= 11 is 0. The van der Waals surface area contributed by atoms with Crippen molar-refractivity contribution in [1.82, 2.24) is 9.97 Å². The summed E-state index contributed by atoms with van der Waals surface area (Å²) in [7, 11) is 1.73. The van der Waals surface area contributed by atoms with Crippen LogP contribution in [-0.2, 0) is 4.74 Å². The van der Waals surface area contributed by atoms with Gasteiger partial charge in [0, 0.05) is 45.0 Å². The maximum Gasteiger partial charge on any atom is 0.227 e. The standard InChI is InChI=1S/C20H28N4O/c1-16-8-6-12-24(15-16)20-22-18(17-9-4-3-5-10-17)14-19(23-20)21-11-7-13-25-2/h3-5,9-10,14,16H,6-8,11-13,15H2,1-2H3,(H,21,22,23). The molecular weight excluding hydrogens is 312 g/mol. The van der Waals surface area contributed by atoms with Crippen LogP contribution in [-0.4, -0.2) is 43.3 Å². The number of benzene rings is 1. The van der Waals surface area contributed by atoms with Crippen molar-refractivity contribution >= 4 is 11.8 Å². The van der Waals surface area contributed by atoms with Gasteiger partial charge in [0.05, 0.1) is 5.69 Å². The summed E-state index contributed by atoms with van der Waals surface area (Å²) in [4.78, 5) is 12.0.